The van der Waals surface area contributed by atoms with Gasteiger partial charge in [-0.2, -0.15) is 0 Å². The van der Waals surface area contributed by atoms with E-state index in [1.54, 1.807) is 5.38 Å². The number of carbonyl (C=O) groups is 1. The van der Waals surface area contributed by atoms with Crippen LogP contribution in [0.3, 0.4) is 0 Å². The zero-order valence-electron chi connectivity index (χ0n) is 9.84. The zero-order chi connectivity index (χ0) is 13.8. The Kier molecular flexibility index (Phi) is 4.70. The number of aromatic nitrogens is 2. The van der Waals surface area contributed by atoms with Crippen LogP contribution in [0.1, 0.15) is 20.4 Å². The largest absolute Gasteiger partial charge is 0.465 e. The Morgan fingerprint density at radius 3 is 3.00 bits per heavy atom. The lowest BCUT2D eigenvalue weighted by Crippen LogP contribution is -1.98. The van der Waals surface area contributed by atoms with E-state index in [1.165, 1.54) is 18.4 Å². The Morgan fingerprint density at radius 2 is 2.37 bits per heavy atom. The van der Waals surface area contributed by atoms with Crippen LogP contribution in [0, 0.1) is 0 Å². The number of anilines is 1. The number of rotatable bonds is 5. The van der Waals surface area contributed by atoms with Gasteiger partial charge >= 0.3 is 5.97 Å². The van der Waals surface area contributed by atoms with Crippen LogP contribution in [0.15, 0.2) is 5.38 Å². The highest BCUT2D eigenvalue weighted by Crippen LogP contribution is 2.28. The molecule has 2 N–H and O–H groups in total. The maximum Gasteiger partial charge on any atom is 0.351 e. The molecule has 0 aliphatic carbocycles. The van der Waals surface area contributed by atoms with E-state index < -0.39 is 5.97 Å². The third-order valence-electron chi connectivity index (χ3n) is 2.11. The molecule has 2 aromatic rings. The Bertz CT molecular complexity index is 584. The third-order valence-corrected chi connectivity index (χ3v) is 4.39. The fourth-order valence-corrected chi connectivity index (χ4v) is 3.07. The molecule has 0 unspecified atom stereocenters. The first-order valence-corrected chi connectivity index (χ1v) is 7.24. The van der Waals surface area contributed by atoms with Crippen molar-refractivity contribution in [3.05, 3.63) is 26.1 Å². The fraction of sp³-hybridized carbons (Fsp3) is 0.300. The molecule has 0 saturated carbocycles. The lowest BCUT2D eigenvalue weighted by atomic mass is 10.5. The van der Waals surface area contributed by atoms with E-state index in [-0.39, 0.29) is 16.6 Å². The molecule has 102 valence electrons. The van der Waals surface area contributed by atoms with Crippen molar-refractivity contribution < 1.29 is 14.6 Å². The molecule has 19 heavy (non-hydrogen) atoms. The average molecular weight is 320 g/mol. The minimum absolute atomic E-state index is 0.0773. The van der Waals surface area contributed by atoms with Crippen LogP contribution in [0.5, 0.6) is 0 Å². The van der Waals surface area contributed by atoms with Gasteiger partial charge in [-0.15, -0.1) is 11.3 Å². The number of nitrogens with zero attached hydrogens (tertiary/aromatic N) is 2. The molecule has 0 aliphatic heterocycles. The number of nitrogens with one attached hydrogen (secondary N) is 1. The number of halogens is 1. The summed E-state index contributed by atoms with van der Waals surface area (Å²) < 4.78 is 4.59. The van der Waals surface area contributed by atoms with Gasteiger partial charge in [-0.3, -0.25) is 0 Å². The number of aliphatic hydroxyl groups excluding tert-OH is 1. The molecule has 0 aliphatic rings. The van der Waals surface area contributed by atoms with E-state index in [2.05, 4.69) is 20.0 Å². The maximum atomic E-state index is 11.4. The molecule has 0 bridgehead atoms. The van der Waals surface area contributed by atoms with Gasteiger partial charge in [0.15, 0.2) is 15.2 Å². The lowest BCUT2D eigenvalue weighted by molar-refractivity contribution is 0.0606. The second-order valence-corrected chi connectivity index (χ2v) is 5.67. The molecule has 2 rings (SSSR count). The molecule has 0 aromatic carbocycles. The van der Waals surface area contributed by atoms with E-state index in [1.807, 2.05) is 0 Å². The number of esters is 1. The molecule has 0 fully saturated rings. The molecular formula is C10H10ClN3O3S2. The van der Waals surface area contributed by atoms with Crippen LogP contribution in [0.4, 0.5) is 5.13 Å². The molecule has 2 aromatic heterocycles. The number of hydrogen-bond donors (Lipinski definition) is 2. The highest BCUT2D eigenvalue weighted by Gasteiger charge is 2.17. The smallest absolute Gasteiger partial charge is 0.351 e. The number of methoxy groups -OCH3 is 1. The van der Waals surface area contributed by atoms with E-state index in [0.29, 0.717) is 17.4 Å². The standard InChI is InChI=1S/C10H10ClN3O3S2/c1-17-9(16)7-8(11)14-10(19-7)12-2-6-13-5(3-15)4-18-6/h4,15H,2-3H2,1H3,(H,12,14). The van der Waals surface area contributed by atoms with E-state index in [9.17, 15) is 4.79 Å². The van der Waals surface area contributed by atoms with Crippen molar-refractivity contribution in [2.45, 2.75) is 13.2 Å². The summed E-state index contributed by atoms with van der Waals surface area (Å²) in [6.45, 7) is 0.376. The van der Waals surface area contributed by atoms with Crippen LogP contribution in [0.25, 0.3) is 0 Å². The topological polar surface area (TPSA) is 84.3 Å². The van der Waals surface area contributed by atoms with Gasteiger partial charge < -0.3 is 15.2 Å². The van der Waals surface area contributed by atoms with E-state index in [0.717, 1.165) is 16.3 Å². The van der Waals surface area contributed by atoms with Gasteiger partial charge in [-0.05, 0) is 0 Å². The molecule has 9 heteroatoms. The maximum absolute atomic E-state index is 11.4. The highest BCUT2D eigenvalue weighted by molar-refractivity contribution is 7.18. The number of carbonyl (C=O) groups excluding carboxylic acids is 1. The molecule has 2 heterocycles. The lowest BCUT2D eigenvalue weighted by Gasteiger charge is -1.97. The normalized spacial score (nSPS) is 10.5. The monoisotopic (exact) mass is 319 g/mol. The molecule has 0 spiro atoms. The summed E-state index contributed by atoms with van der Waals surface area (Å²) in [4.78, 5) is 19.8. The van der Waals surface area contributed by atoms with Crippen LogP contribution >= 0.6 is 34.3 Å². The van der Waals surface area contributed by atoms with Gasteiger partial charge in [0.2, 0.25) is 0 Å². The van der Waals surface area contributed by atoms with Crippen molar-refractivity contribution in [2.75, 3.05) is 12.4 Å². The average Bonchev–Trinajstić information content (AvgIpc) is 3.01. The number of thiazole rings is 2. The third kappa shape index (κ3) is 3.41. The summed E-state index contributed by atoms with van der Waals surface area (Å²) >= 11 is 8.40. The van der Waals surface area contributed by atoms with Crippen molar-refractivity contribution in [2.24, 2.45) is 0 Å². The highest BCUT2D eigenvalue weighted by atomic mass is 35.5. The number of aliphatic hydroxyl groups is 1. The van der Waals surface area contributed by atoms with E-state index in [4.69, 9.17) is 16.7 Å². The van der Waals surface area contributed by atoms with Crippen LogP contribution < -0.4 is 5.32 Å². The quantitative estimate of drug-likeness (QED) is 0.821. The van der Waals surface area contributed by atoms with Gasteiger partial charge in [0.05, 0.1) is 26.0 Å². The predicted octanol–water partition coefficient (Wildman–Crippen LogP) is 2.14. The number of hydrogen-bond acceptors (Lipinski definition) is 8. The Morgan fingerprint density at radius 1 is 1.58 bits per heavy atom. The minimum atomic E-state index is -0.507. The van der Waals surface area contributed by atoms with Crippen LogP contribution in [0.2, 0.25) is 5.15 Å². The summed E-state index contributed by atoms with van der Waals surface area (Å²) in [6.07, 6.45) is 0. The van der Waals surface area contributed by atoms with Crippen LogP contribution in [-0.2, 0) is 17.9 Å². The van der Waals surface area contributed by atoms with Gasteiger partial charge in [-0.25, -0.2) is 14.8 Å². The first-order valence-electron chi connectivity index (χ1n) is 5.16. The summed E-state index contributed by atoms with van der Waals surface area (Å²) in [6, 6.07) is 0. The minimum Gasteiger partial charge on any atom is -0.465 e. The summed E-state index contributed by atoms with van der Waals surface area (Å²) in [5.74, 6) is -0.507. The Balaban J connectivity index is 2.01. The first-order chi connectivity index (χ1) is 9.13. The number of ether oxygens (including phenoxy) is 1. The Hall–Kier alpha value is -1.22. The molecule has 0 saturated heterocycles. The molecule has 6 nitrogen and oxygen atoms in total. The van der Waals surface area contributed by atoms with Gasteiger partial charge in [0.25, 0.3) is 0 Å². The molecule has 0 radical (unpaired) electrons. The summed E-state index contributed by atoms with van der Waals surface area (Å²) in [5, 5.41) is 15.2. The first kappa shape index (κ1) is 14.2. The van der Waals surface area contributed by atoms with Gasteiger partial charge in [0.1, 0.15) is 5.01 Å². The summed E-state index contributed by atoms with van der Waals surface area (Å²) in [7, 11) is 1.29. The molecule has 0 atom stereocenters. The second-order valence-electron chi connectivity index (χ2n) is 3.37. The van der Waals surface area contributed by atoms with Gasteiger partial charge in [0, 0.05) is 5.38 Å². The Labute approximate surface area is 122 Å². The van der Waals surface area contributed by atoms with Crippen molar-refractivity contribution in [1.29, 1.82) is 0 Å². The SMILES string of the molecule is COC(=O)c1sc(NCc2nc(CO)cs2)nc1Cl. The molecular weight excluding hydrogens is 310 g/mol. The zero-order valence-corrected chi connectivity index (χ0v) is 12.2. The van der Waals surface area contributed by atoms with Crippen molar-refractivity contribution >= 4 is 45.4 Å². The second kappa shape index (κ2) is 6.29. The summed E-state index contributed by atoms with van der Waals surface area (Å²) in [5.41, 5.74) is 0.634. The van der Waals surface area contributed by atoms with Crippen molar-refractivity contribution in [3.8, 4) is 0 Å². The van der Waals surface area contributed by atoms with Crippen LogP contribution in [-0.4, -0.2) is 28.2 Å². The van der Waals surface area contributed by atoms with Gasteiger partial charge in [-0.1, -0.05) is 22.9 Å². The predicted molar refractivity (Wildman–Crippen MR) is 73.8 cm³/mol. The van der Waals surface area contributed by atoms with E-state index >= 15 is 0 Å². The van der Waals surface area contributed by atoms with Crippen molar-refractivity contribution in [1.82, 2.24) is 9.97 Å². The fourth-order valence-electron chi connectivity index (χ4n) is 1.25. The van der Waals surface area contributed by atoms with Crippen molar-refractivity contribution in [3.63, 3.8) is 0 Å². The molecule has 0 amide bonds.